The molecule has 0 fully saturated rings. The van der Waals surface area contributed by atoms with Crippen LogP contribution < -0.4 is 11.1 Å². The fourth-order valence-corrected chi connectivity index (χ4v) is 2.71. The summed E-state index contributed by atoms with van der Waals surface area (Å²) in [5.74, 6) is 0.157. The number of halogens is 1. The Hall–Kier alpha value is -0.940. The van der Waals surface area contributed by atoms with Gasteiger partial charge < -0.3 is 11.1 Å². The third kappa shape index (κ3) is 4.87. The van der Waals surface area contributed by atoms with Gasteiger partial charge in [-0.2, -0.15) is 0 Å². The Bertz CT molecular complexity index is 485. The molecule has 1 aromatic carbocycles. The third-order valence-corrected chi connectivity index (χ3v) is 4.05. The predicted octanol–water partition coefficient (Wildman–Crippen LogP) is 4.24. The lowest BCUT2D eigenvalue weighted by Crippen LogP contribution is -2.23. The van der Waals surface area contributed by atoms with Gasteiger partial charge in [0.1, 0.15) is 4.99 Å². The number of amides is 1. The van der Waals surface area contributed by atoms with Crippen molar-refractivity contribution in [2.45, 2.75) is 39.5 Å². The Morgan fingerprint density at radius 3 is 2.40 bits per heavy atom. The third-order valence-electron chi connectivity index (χ3n) is 3.16. The fraction of sp³-hybridized carbons (Fsp3) is 0.467. The number of hydrogen-bond donors (Lipinski definition) is 2. The van der Waals surface area contributed by atoms with Crippen molar-refractivity contribution < 1.29 is 4.79 Å². The molecular formula is C15H21BrN2OS. The summed E-state index contributed by atoms with van der Waals surface area (Å²) in [4.78, 5) is 12.6. The molecule has 3 nitrogen and oxygen atoms in total. The molecule has 0 saturated heterocycles. The molecule has 0 radical (unpaired) electrons. The van der Waals surface area contributed by atoms with E-state index in [-0.39, 0.29) is 11.8 Å². The summed E-state index contributed by atoms with van der Waals surface area (Å²) >= 11 is 8.37. The number of rotatable bonds is 7. The van der Waals surface area contributed by atoms with Crippen molar-refractivity contribution in [1.29, 1.82) is 0 Å². The number of nitrogens with one attached hydrogen (secondary N) is 1. The highest BCUT2D eigenvalue weighted by atomic mass is 79.9. The minimum Gasteiger partial charge on any atom is -0.389 e. The quantitative estimate of drug-likeness (QED) is 0.718. The van der Waals surface area contributed by atoms with Gasteiger partial charge >= 0.3 is 0 Å². The Balaban J connectivity index is 2.81. The van der Waals surface area contributed by atoms with Gasteiger partial charge in [-0.15, -0.1) is 0 Å². The van der Waals surface area contributed by atoms with Gasteiger partial charge in [0.25, 0.3) is 0 Å². The minimum atomic E-state index is 0.0761. The average molecular weight is 357 g/mol. The predicted molar refractivity (Wildman–Crippen MR) is 92.0 cm³/mol. The van der Waals surface area contributed by atoms with E-state index in [2.05, 4.69) is 35.1 Å². The molecule has 0 atom stereocenters. The average Bonchev–Trinajstić information content (AvgIpc) is 2.40. The van der Waals surface area contributed by atoms with E-state index in [9.17, 15) is 4.79 Å². The molecule has 0 aliphatic heterocycles. The van der Waals surface area contributed by atoms with E-state index < -0.39 is 0 Å². The van der Waals surface area contributed by atoms with E-state index in [1.165, 1.54) is 0 Å². The second-order valence-electron chi connectivity index (χ2n) is 4.82. The molecule has 0 heterocycles. The second-order valence-corrected chi connectivity index (χ2v) is 6.12. The summed E-state index contributed by atoms with van der Waals surface area (Å²) in [6, 6.07) is 5.47. The van der Waals surface area contributed by atoms with Crippen LogP contribution in [0.3, 0.4) is 0 Å². The normalized spacial score (nSPS) is 10.6. The van der Waals surface area contributed by atoms with E-state index >= 15 is 0 Å². The van der Waals surface area contributed by atoms with Gasteiger partial charge in [0, 0.05) is 16.0 Å². The lowest BCUT2D eigenvalue weighted by atomic mass is 9.97. The Kier molecular flexibility index (Phi) is 7.16. The molecule has 1 rings (SSSR count). The van der Waals surface area contributed by atoms with Crippen molar-refractivity contribution in [3.8, 4) is 0 Å². The van der Waals surface area contributed by atoms with Gasteiger partial charge in [0.05, 0.1) is 5.69 Å². The molecule has 0 aromatic heterocycles. The zero-order valence-electron chi connectivity index (χ0n) is 11.9. The SMILES string of the molecule is CCCC(CCC)C(=O)Nc1ccc(C(N)=S)cc1Br. The molecule has 0 unspecified atom stereocenters. The standard InChI is InChI=1S/C15H21BrN2OS/c1-3-5-10(6-4-2)15(19)18-13-8-7-11(14(17)20)9-12(13)16/h7-10H,3-6H2,1-2H3,(H2,17,20)(H,18,19). The summed E-state index contributed by atoms with van der Waals surface area (Å²) in [7, 11) is 0. The molecule has 1 amide bonds. The molecule has 0 spiro atoms. The topological polar surface area (TPSA) is 55.1 Å². The Labute approximate surface area is 134 Å². The molecule has 3 N–H and O–H groups in total. The maximum absolute atomic E-state index is 12.3. The van der Waals surface area contributed by atoms with E-state index in [0.717, 1.165) is 41.4 Å². The number of benzene rings is 1. The molecule has 0 aliphatic carbocycles. The summed E-state index contributed by atoms with van der Waals surface area (Å²) in [6.07, 6.45) is 3.86. The van der Waals surface area contributed by atoms with Crippen LogP contribution in [-0.4, -0.2) is 10.9 Å². The highest BCUT2D eigenvalue weighted by Gasteiger charge is 2.17. The number of carbonyl (C=O) groups is 1. The molecule has 5 heteroatoms. The van der Waals surface area contributed by atoms with Crippen molar-refractivity contribution >= 4 is 44.7 Å². The highest BCUT2D eigenvalue weighted by molar-refractivity contribution is 9.10. The summed E-state index contributed by atoms with van der Waals surface area (Å²) in [6.45, 7) is 4.20. The van der Waals surface area contributed by atoms with E-state index in [4.69, 9.17) is 18.0 Å². The van der Waals surface area contributed by atoms with Crippen LogP contribution >= 0.6 is 28.1 Å². The zero-order chi connectivity index (χ0) is 15.1. The Morgan fingerprint density at radius 2 is 1.95 bits per heavy atom. The van der Waals surface area contributed by atoms with Crippen molar-refractivity contribution in [1.82, 2.24) is 0 Å². The highest BCUT2D eigenvalue weighted by Crippen LogP contribution is 2.25. The molecular weight excluding hydrogens is 336 g/mol. The van der Waals surface area contributed by atoms with E-state index in [1.54, 1.807) is 0 Å². The Morgan fingerprint density at radius 1 is 1.35 bits per heavy atom. The van der Waals surface area contributed by atoms with Gasteiger partial charge in [-0.3, -0.25) is 4.79 Å². The lowest BCUT2D eigenvalue weighted by molar-refractivity contribution is -0.120. The number of nitrogens with two attached hydrogens (primary N) is 1. The maximum Gasteiger partial charge on any atom is 0.227 e. The smallest absolute Gasteiger partial charge is 0.227 e. The van der Waals surface area contributed by atoms with Gasteiger partial charge in [-0.1, -0.05) is 38.9 Å². The molecule has 0 bridgehead atoms. The van der Waals surface area contributed by atoms with Gasteiger partial charge in [-0.05, 0) is 47.0 Å². The van der Waals surface area contributed by atoms with Crippen molar-refractivity contribution in [3.63, 3.8) is 0 Å². The lowest BCUT2D eigenvalue weighted by Gasteiger charge is -2.16. The molecule has 0 aliphatic rings. The van der Waals surface area contributed by atoms with Crippen LogP contribution in [0.2, 0.25) is 0 Å². The summed E-state index contributed by atoms with van der Waals surface area (Å²) in [5.41, 5.74) is 7.12. The second kappa shape index (κ2) is 8.37. The van der Waals surface area contributed by atoms with Crippen LogP contribution in [0.4, 0.5) is 5.69 Å². The number of anilines is 1. The van der Waals surface area contributed by atoms with Crippen LogP contribution in [0.5, 0.6) is 0 Å². The van der Waals surface area contributed by atoms with Gasteiger partial charge in [-0.25, -0.2) is 0 Å². The first-order valence-electron chi connectivity index (χ1n) is 6.89. The molecule has 0 saturated carbocycles. The summed E-state index contributed by atoms with van der Waals surface area (Å²) < 4.78 is 0.794. The van der Waals surface area contributed by atoms with Crippen LogP contribution in [0.1, 0.15) is 45.1 Å². The van der Waals surface area contributed by atoms with Crippen molar-refractivity contribution in [2.75, 3.05) is 5.32 Å². The van der Waals surface area contributed by atoms with E-state index in [1.807, 2.05) is 18.2 Å². The molecule has 20 heavy (non-hydrogen) atoms. The minimum absolute atomic E-state index is 0.0761. The monoisotopic (exact) mass is 356 g/mol. The molecule has 1 aromatic rings. The van der Waals surface area contributed by atoms with Crippen molar-refractivity contribution in [2.24, 2.45) is 11.7 Å². The fourth-order valence-electron chi connectivity index (χ4n) is 2.11. The summed E-state index contributed by atoms with van der Waals surface area (Å²) in [5, 5.41) is 2.98. The molecule has 110 valence electrons. The number of thiocarbonyl (C=S) groups is 1. The first kappa shape index (κ1) is 17.1. The van der Waals surface area contributed by atoms with Crippen LogP contribution in [0, 0.1) is 5.92 Å². The van der Waals surface area contributed by atoms with Crippen LogP contribution in [0.25, 0.3) is 0 Å². The zero-order valence-corrected chi connectivity index (χ0v) is 14.3. The van der Waals surface area contributed by atoms with Crippen LogP contribution in [0.15, 0.2) is 22.7 Å². The van der Waals surface area contributed by atoms with E-state index in [0.29, 0.717) is 4.99 Å². The van der Waals surface area contributed by atoms with Crippen molar-refractivity contribution in [3.05, 3.63) is 28.2 Å². The van der Waals surface area contributed by atoms with Crippen LogP contribution in [-0.2, 0) is 4.79 Å². The number of hydrogen-bond acceptors (Lipinski definition) is 2. The van der Waals surface area contributed by atoms with Gasteiger partial charge in [0.2, 0.25) is 5.91 Å². The first-order chi connectivity index (χ1) is 9.49. The number of carbonyl (C=O) groups excluding carboxylic acids is 1. The first-order valence-corrected chi connectivity index (χ1v) is 8.09. The van der Waals surface area contributed by atoms with Gasteiger partial charge in [0.15, 0.2) is 0 Å². The largest absolute Gasteiger partial charge is 0.389 e. The maximum atomic E-state index is 12.3.